The van der Waals surface area contributed by atoms with E-state index in [2.05, 4.69) is 15.5 Å². The van der Waals surface area contributed by atoms with Crippen molar-refractivity contribution in [1.29, 1.82) is 0 Å². The number of rotatable bonds is 5. The lowest BCUT2D eigenvalue weighted by molar-refractivity contribution is -0.141. The Kier molecular flexibility index (Phi) is 5.17. The third kappa shape index (κ3) is 4.64. The molecule has 142 valence electrons. The van der Waals surface area contributed by atoms with Crippen molar-refractivity contribution in [3.05, 3.63) is 64.8 Å². The Hall–Kier alpha value is -2.88. The lowest BCUT2D eigenvalue weighted by atomic mass is 10.2. The van der Waals surface area contributed by atoms with Crippen LogP contribution in [0.4, 0.5) is 23.4 Å². The standard InChI is InChI=1S/C16H12ClF4N5O/c17-11-2-1-3-12(18)10(11)8-25-7-5-14(24-25)22-15(27)9-26-6-4-13(23-26)16(19,20)21/h1-7H,8-9H2,(H,22,24,27). The van der Waals surface area contributed by atoms with Crippen LogP contribution < -0.4 is 5.32 Å². The van der Waals surface area contributed by atoms with E-state index < -0.39 is 30.1 Å². The second kappa shape index (κ2) is 7.39. The highest BCUT2D eigenvalue weighted by Gasteiger charge is 2.33. The summed E-state index contributed by atoms with van der Waals surface area (Å²) in [7, 11) is 0. The van der Waals surface area contributed by atoms with Gasteiger partial charge in [-0.25, -0.2) is 4.39 Å². The molecule has 2 heterocycles. The third-order valence-corrected chi connectivity index (χ3v) is 3.88. The van der Waals surface area contributed by atoms with Gasteiger partial charge in [-0.3, -0.25) is 14.2 Å². The average Bonchev–Trinajstić information content (AvgIpc) is 3.20. The van der Waals surface area contributed by atoms with Crippen LogP contribution in [0.25, 0.3) is 0 Å². The van der Waals surface area contributed by atoms with Crippen LogP contribution in [0.15, 0.2) is 42.7 Å². The number of hydrogen-bond donors (Lipinski definition) is 1. The van der Waals surface area contributed by atoms with E-state index >= 15 is 0 Å². The molecule has 11 heteroatoms. The molecule has 6 nitrogen and oxygen atoms in total. The molecule has 2 aromatic heterocycles. The fraction of sp³-hybridized carbons (Fsp3) is 0.188. The van der Waals surface area contributed by atoms with Crippen molar-refractivity contribution in [2.24, 2.45) is 0 Å². The highest BCUT2D eigenvalue weighted by atomic mass is 35.5. The van der Waals surface area contributed by atoms with Gasteiger partial charge in [0, 0.05) is 29.0 Å². The molecule has 3 aromatic rings. The molecule has 0 saturated carbocycles. The van der Waals surface area contributed by atoms with Gasteiger partial charge in [0.2, 0.25) is 5.91 Å². The van der Waals surface area contributed by atoms with Crippen LogP contribution in [0, 0.1) is 5.82 Å². The van der Waals surface area contributed by atoms with Crippen LogP contribution in [0.3, 0.4) is 0 Å². The molecule has 27 heavy (non-hydrogen) atoms. The number of hydrogen-bond acceptors (Lipinski definition) is 3. The molecule has 0 aliphatic rings. The zero-order valence-corrected chi connectivity index (χ0v) is 14.3. The van der Waals surface area contributed by atoms with Crippen molar-refractivity contribution in [2.45, 2.75) is 19.3 Å². The Labute approximate surface area is 155 Å². The molecule has 0 atom stereocenters. The minimum absolute atomic E-state index is 0.0511. The second-order valence-corrected chi connectivity index (χ2v) is 5.95. The van der Waals surface area contributed by atoms with Crippen LogP contribution in [-0.4, -0.2) is 25.5 Å². The van der Waals surface area contributed by atoms with Crippen molar-refractivity contribution in [2.75, 3.05) is 5.32 Å². The molecule has 0 aliphatic carbocycles. The Morgan fingerprint density at radius 2 is 1.85 bits per heavy atom. The Balaban J connectivity index is 1.62. The van der Waals surface area contributed by atoms with Crippen molar-refractivity contribution >= 4 is 23.3 Å². The van der Waals surface area contributed by atoms with E-state index in [1.807, 2.05) is 0 Å². The lowest BCUT2D eigenvalue weighted by Crippen LogP contribution is -2.20. The first kappa shape index (κ1) is 18.9. The summed E-state index contributed by atoms with van der Waals surface area (Å²) in [5, 5.41) is 10.0. The summed E-state index contributed by atoms with van der Waals surface area (Å²) in [6.07, 6.45) is -2.01. The average molecular weight is 402 g/mol. The molecule has 0 unspecified atom stereocenters. The number of halogens is 5. The number of benzene rings is 1. The molecule has 1 amide bonds. The Morgan fingerprint density at radius 1 is 1.11 bits per heavy atom. The summed E-state index contributed by atoms with van der Waals surface area (Å²) < 4.78 is 53.5. The number of amides is 1. The van der Waals surface area contributed by atoms with E-state index in [9.17, 15) is 22.4 Å². The smallest absolute Gasteiger partial charge is 0.308 e. The van der Waals surface area contributed by atoms with Gasteiger partial charge >= 0.3 is 6.18 Å². The zero-order valence-electron chi connectivity index (χ0n) is 13.5. The van der Waals surface area contributed by atoms with E-state index in [-0.39, 0.29) is 22.9 Å². The van der Waals surface area contributed by atoms with Gasteiger partial charge in [0.15, 0.2) is 11.5 Å². The molecule has 0 aliphatic heterocycles. The molecule has 1 N–H and O–H groups in total. The van der Waals surface area contributed by atoms with Crippen LogP contribution >= 0.6 is 11.6 Å². The van der Waals surface area contributed by atoms with E-state index in [0.29, 0.717) is 0 Å². The monoisotopic (exact) mass is 401 g/mol. The minimum Gasteiger partial charge on any atom is -0.308 e. The number of aromatic nitrogens is 4. The Morgan fingerprint density at radius 3 is 2.52 bits per heavy atom. The highest BCUT2D eigenvalue weighted by Crippen LogP contribution is 2.27. The zero-order chi connectivity index (χ0) is 19.6. The topological polar surface area (TPSA) is 64.7 Å². The number of carbonyl (C=O) groups is 1. The maximum Gasteiger partial charge on any atom is 0.435 e. The van der Waals surface area contributed by atoms with Gasteiger partial charge in [0.05, 0.1) is 6.54 Å². The normalized spacial score (nSPS) is 11.6. The first-order chi connectivity index (χ1) is 12.7. The fourth-order valence-corrected chi connectivity index (χ4v) is 2.52. The van der Waals surface area contributed by atoms with Gasteiger partial charge in [-0.05, 0) is 18.2 Å². The maximum absolute atomic E-state index is 13.8. The molecule has 0 radical (unpaired) electrons. The van der Waals surface area contributed by atoms with Crippen molar-refractivity contribution in [3.8, 4) is 0 Å². The van der Waals surface area contributed by atoms with E-state index in [1.165, 1.54) is 29.1 Å². The van der Waals surface area contributed by atoms with Gasteiger partial charge in [-0.2, -0.15) is 23.4 Å². The van der Waals surface area contributed by atoms with E-state index in [4.69, 9.17) is 11.6 Å². The molecule has 0 saturated heterocycles. The largest absolute Gasteiger partial charge is 0.435 e. The van der Waals surface area contributed by atoms with E-state index in [0.717, 1.165) is 16.9 Å². The van der Waals surface area contributed by atoms with Gasteiger partial charge < -0.3 is 5.32 Å². The molecule has 0 spiro atoms. The molecular weight excluding hydrogens is 390 g/mol. The summed E-state index contributed by atoms with van der Waals surface area (Å²) >= 11 is 5.95. The fourth-order valence-electron chi connectivity index (χ4n) is 2.29. The molecular formula is C16H12ClF4N5O. The van der Waals surface area contributed by atoms with Crippen LogP contribution in [0.2, 0.25) is 5.02 Å². The minimum atomic E-state index is -4.57. The Bertz CT molecular complexity index is 946. The lowest BCUT2D eigenvalue weighted by Gasteiger charge is -2.06. The summed E-state index contributed by atoms with van der Waals surface area (Å²) in [4.78, 5) is 11.9. The van der Waals surface area contributed by atoms with Crippen molar-refractivity contribution in [3.63, 3.8) is 0 Å². The molecule has 3 rings (SSSR count). The predicted molar refractivity (Wildman–Crippen MR) is 88.6 cm³/mol. The van der Waals surface area contributed by atoms with Crippen LogP contribution in [-0.2, 0) is 24.1 Å². The summed E-state index contributed by atoms with van der Waals surface area (Å²) in [5.41, 5.74) is -0.835. The summed E-state index contributed by atoms with van der Waals surface area (Å²) in [6, 6.07) is 6.55. The van der Waals surface area contributed by atoms with E-state index in [1.54, 1.807) is 6.07 Å². The quantitative estimate of drug-likeness (QED) is 0.665. The number of anilines is 1. The predicted octanol–water partition coefficient (Wildman–Crippen LogP) is 3.58. The molecule has 0 fully saturated rings. The van der Waals surface area contributed by atoms with Crippen LogP contribution in [0.5, 0.6) is 0 Å². The SMILES string of the molecule is O=C(Cn1ccc(C(F)(F)F)n1)Nc1ccn(Cc2c(F)cccc2Cl)n1. The number of nitrogens with zero attached hydrogens (tertiary/aromatic N) is 4. The van der Waals surface area contributed by atoms with Crippen molar-refractivity contribution < 1.29 is 22.4 Å². The highest BCUT2D eigenvalue weighted by molar-refractivity contribution is 6.31. The number of alkyl halides is 3. The van der Waals surface area contributed by atoms with Gasteiger partial charge in [0.1, 0.15) is 12.4 Å². The molecule has 1 aromatic carbocycles. The van der Waals surface area contributed by atoms with Gasteiger partial charge in [0.25, 0.3) is 0 Å². The summed E-state index contributed by atoms with van der Waals surface area (Å²) in [6.45, 7) is -0.364. The summed E-state index contributed by atoms with van der Waals surface area (Å²) in [5.74, 6) is -0.931. The first-order valence-corrected chi connectivity index (χ1v) is 7.97. The van der Waals surface area contributed by atoms with Gasteiger partial charge in [-0.15, -0.1) is 0 Å². The second-order valence-electron chi connectivity index (χ2n) is 5.54. The number of carbonyl (C=O) groups excluding carboxylic acids is 1. The third-order valence-electron chi connectivity index (χ3n) is 3.53. The van der Waals surface area contributed by atoms with Crippen LogP contribution in [0.1, 0.15) is 11.3 Å². The van der Waals surface area contributed by atoms with Gasteiger partial charge in [-0.1, -0.05) is 17.7 Å². The maximum atomic E-state index is 13.8. The van der Waals surface area contributed by atoms with Crippen molar-refractivity contribution in [1.82, 2.24) is 19.6 Å². The number of nitrogens with one attached hydrogen (secondary N) is 1. The first-order valence-electron chi connectivity index (χ1n) is 7.59. The molecule has 0 bridgehead atoms.